The van der Waals surface area contributed by atoms with Crippen molar-refractivity contribution in [2.75, 3.05) is 18.9 Å². The van der Waals surface area contributed by atoms with E-state index in [2.05, 4.69) is 10.3 Å². The van der Waals surface area contributed by atoms with Crippen LogP contribution in [0, 0.1) is 5.82 Å². The van der Waals surface area contributed by atoms with Crippen LogP contribution in [-0.4, -0.2) is 45.0 Å². The average molecular weight is 402 g/mol. The Balaban J connectivity index is 1.58. The first kappa shape index (κ1) is 17.7. The van der Waals surface area contributed by atoms with Crippen LogP contribution in [0.1, 0.15) is 12.8 Å². The molecule has 146 valence electrons. The highest BCUT2D eigenvalue weighted by Crippen LogP contribution is 2.30. The van der Waals surface area contributed by atoms with E-state index in [-0.39, 0.29) is 24.1 Å². The predicted molar refractivity (Wildman–Crippen MR) is 104 cm³/mol. The standard InChI is InChI=1S/C19H19FN4O3S/c20-11-3-4-14-13(8-11)16-17(18(26)23-5-7-28-19(23)22-16)24(14)10-15(25)21-9-12-2-1-6-27-12/h3-4,8,12H,1-2,5-7,9-10H2,(H,21,25)/t12-/m0/s1. The normalized spacial score (nSPS) is 18.8. The highest BCUT2D eigenvalue weighted by atomic mass is 32.2. The van der Waals surface area contributed by atoms with Crippen LogP contribution in [-0.2, 0) is 22.6 Å². The van der Waals surface area contributed by atoms with Crippen molar-refractivity contribution in [2.45, 2.75) is 37.2 Å². The molecule has 7 nitrogen and oxygen atoms in total. The summed E-state index contributed by atoms with van der Waals surface area (Å²) in [5.41, 5.74) is 1.24. The van der Waals surface area contributed by atoms with Gasteiger partial charge in [0.1, 0.15) is 23.4 Å². The second-order valence-corrected chi connectivity index (χ2v) is 8.15. The largest absolute Gasteiger partial charge is 0.376 e. The Morgan fingerprint density at radius 2 is 2.32 bits per heavy atom. The minimum atomic E-state index is -0.399. The van der Waals surface area contributed by atoms with Gasteiger partial charge in [0.15, 0.2) is 5.16 Å². The molecular formula is C19H19FN4O3S. The van der Waals surface area contributed by atoms with E-state index in [0.29, 0.717) is 40.2 Å². The second-order valence-electron chi connectivity index (χ2n) is 7.08. The number of fused-ring (bicyclic) bond motifs is 4. The molecule has 0 saturated carbocycles. The number of nitrogens with one attached hydrogen (secondary N) is 1. The predicted octanol–water partition coefficient (Wildman–Crippen LogP) is 1.89. The zero-order chi connectivity index (χ0) is 19.3. The molecule has 0 radical (unpaired) electrons. The first-order chi connectivity index (χ1) is 13.6. The molecule has 1 saturated heterocycles. The number of carbonyl (C=O) groups excluding carboxylic acids is 1. The zero-order valence-corrected chi connectivity index (χ0v) is 15.9. The molecule has 4 heterocycles. The van der Waals surface area contributed by atoms with Gasteiger partial charge in [0.05, 0.1) is 11.6 Å². The van der Waals surface area contributed by atoms with Gasteiger partial charge in [-0.1, -0.05) is 11.8 Å². The Morgan fingerprint density at radius 1 is 1.43 bits per heavy atom. The highest BCUT2D eigenvalue weighted by molar-refractivity contribution is 7.99. The summed E-state index contributed by atoms with van der Waals surface area (Å²) in [5, 5.41) is 4.08. The molecule has 1 amide bonds. The maximum Gasteiger partial charge on any atom is 0.278 e. The van der Waals surface area contributed by atoms with E-state index in [1.54, 1.807) is 15.2 Å². The fourth-order valence-corrected chi connectivity index (χ4v) is 4.88. The van der Waals surface area contributed by atoms with Crippen LogP contribution in [0.5, 0.6) is 0 Å². The maximum absolute atomic E-state index is 13.9. The molecular weight excluding hydrogens is 383 g/mol. The number of ether oxygens (including phenoxy) is 1. The van der Waals surface area contributed by atoms with Crippen LogP contribution in [0.3, 0.4) is 0 Å². The van der Waals surface area contributed by atoms with E-state index in [1.807, 2.05) is 0 Å². The minimum Gasteiger partial charge on any atom is -0.376 e. The van der Waals surface area contributed by atoms with Gasteiger partial charge in [0.25, 0.3) is 5.56 Å². The summed E-state index contributed by atoms with van der Waals surface area (Å²) in [6, 6.07) is 4.31. The number of hydrogen-bond donors (Lipinski definition) is 1. The summed E-state index contributed by atoms with van der Waals surface area (Å²) < 4.78 is 22.7. The summed E-state index contributed by atoms with van der Waals surface area (Å²) in [6.45, 7) is 1.74. The van der Waals surface area contributed by atoms with Gasteiger partial charge in [-0.15, -0.1) is 0 Å². The summed E-state index contributed by atoms with van der Waals surface area (Å²) >= 11 is 1.51. The van der Waals surface area contributed by atoms with E-state index in [4.69, 9.17) is 4.74 Å². The Labute approximate surface area is 163 Å². The van der Waals surface area contributed by atoms with Crippen LogP contribution in [0.4, 0.5) is 4.39 Å². The van der Waals surface area contributed by atoms with Crippen LogP contribution < -0.4 is 10.9 Å². The van der Waals surface area contributed by atoms with Crippen molar-refractivity contribution >= 4 is 39.6 Å². The van der Waals surface area contributed by atoms with Crippen molar-refractivity contribution in [3.8, 4) is 0 Å². The van der Waals surface area contributed by atoms with Crippen LogP contribution in [0.15, 0.2) is 28.2 Å². The lowest BCUT2D eigenvalue weighted by Crippen LogP contribution is -2.34. The van der Waals surface area contributed by atoms with Gasteiger partial charge in [0, 0.05) is 30.8 Å². The van der Waals surface area contributed by atoms with Crippen molar-refractivity contribution in [2.24, 2.45) is 0 Å². The molecule has 1 aromatic carbocycles. The van der Waals surface area contributed by atoms with E-state index in [0.717, 1.165) is 25.2 Å². The molecule has 1 N–H and O–H groups in total. The minimum absolute atomic E-state index is 0.0260. The topological polar surface area (TPSA) is 78.2 Å². The van der Waals surface area contributed by atoms with Gasteiger partial charge in [0.2, 0.25) is 5.91 Å². The SMILES string of the molecule is O=C(Cn1c2ccc(F)cc2c2nc3n(c(=O)c21)CCS3)NC[C@@H]1CCCO1. The van der Waals surface area contributed by atoms with Crippen molar-refractivity contribution in [3.63, 3.8) is 0 Å². The fraction of sp³-hybridized carbons (Fsp3) is 0.421. The fourth-order valence-electron chi connectivity index (χ4n) is 3.94. The molecule has 0 aliphatic carbocycles. The van der Waals surface area contributed by atoms with E-state index < -0.39 is 5.82 Å². The van der Waals surface area contributed by atoms with Gasteiger partial charge >= 0.3 is 0 Å². The molecule has 0 spiro atoms. The lowest BCUT2D eigenvalue weighted by atomic mass is 10.2. The van der Waals surface area contributed by atoms with Crippen molar-refractivity contribution in [1.29, 1.82) is 0 Å². The van der Waals surface area contributed by atoms with Crippen molar-refractivity contribution in [3.05, 3.63) is 34.4 Å². The van der Waals surface area contributed by atoms with Gasteiger partial charge in [-0.2, -0.15) is 0 Å². The third-order valence-corrected chi connectivity index (χ3v) is 6.24. The first-order valence-corrected chi connectivity index (χ1v) is 10.3. The number of carbonyl (C=O) groups is 1. The Hall–Kier alpha value is -2.39. The molecule has 5 rings (SSSR count). The summed E-state index contributed by atoms with van der Waals surface area (Å²) in [5.74, 6) is 0.172. The Kier molecular flexibility index (Phi) is 4.36. The van der Waals surface area contributed by atoms with Gasteiger partial charge in [-0.05, 0) is 31.0 Å². The molecule has 2 aromatic heterocycles. The highest BCUT2D eigenvalue weighted by Gasteiger charge is 2.24. The quantitative estimate of drug-likeness (QED) is 0.675. The lowest BCUT2D eigenvalue weighted by Gasteiger charge is -2.12. The molecule has 3 aromatic rings. The second kappa shape index (κ2) is 6.89. The number of thioether (sulfide) groups is 1. The summed E-state index contributed by atoms with van der Waals surface area (Å²) in [6.07, 6.45) is 1.98. The first-order valence-electron chi connectivity index (χ1n) is 9.35. The van der Waals surface area contributed by atoms with E-state index in [1.165, 1.54) is 23.9 Å². The third kappa shape index (κ3) is 2.89. The third-order valence-electron chi connectivity index (χ3n) is 5.28. The number of amides is 1. The number of rotatable bonds is 4. The molecule has 9 heteroatoms. The van der Waals surface area contributed by atoms with Crippen LogP contribution >= 0.6 is 11.8 Å². The van der Waals surface area contributed by atoms with Gasteiger partial charge in [-0.25, -0.2) is 9.37 Å². The number of halogens is 1. The zero-order valence-electron chi connectivity index (χ0n) is 15.1. The molecule has 1 atom stereocenters. The molecule has 0 unspecified atom stereocenters. The summed E-state index contributed by atoms with van der Waals surface area (Å²) in [4.78, 5) is 30.3. The maximum atomic E-state index is 13.9. The van der Waals surface area contributed by atoms with Crippen LogP contribution in [0.25, 0.3) is 21.9 Å². The molecule has 0 bridgehead atoms. The molecule has 1 fully saturated rings. The van der Waals surface area contributed by atoms with E-state index in [9.17, 15) is 14.0 Å². The smallest absolute Gasteiger partial charge is 0.278 e. The number of hydrogen-bond acceptors (Lipinski definition) is 5. The summed E-state index contributed by atoms with van der Waals surface area (Å²) in [7, 11) is 0. The number of aromatic nitrogens is 3. The van der Waals surface area contributed by atoms with Crippen molar-refractivity contribution < 1.29 is 13.9 Å². The molecule has 2 aliphatic heterocycles. The van der Waals surface area contributed by atoms with Crippen LogP contribution in [0.2, 0.25) is 0 Å². The average Bonchev–Trinajstić information content (AvgIpc) is 3.41. The Morgan fingerprint density at radius 3 is 3.14 bits per heavy atom. The Bertz CT molecular complexity index is 1150. The molecule has 28 heavy (non-hydrogen) atoms. The van der Waals surface area contributed by atoms with Gasteiger partial charge in [-0.3, -0.25) is 14.2 Å². The van der Waals surface area contributed by atoms with Crippen molar-refractivity contribution in [1.82, 2.24) is 19.4 Å². The lowest BCUT2D eigenvalue weighted by molar-refractivity contribution is -0.122. The van der Waals surface area contributed by atoms with E-state index >= 15 is 0 Å². The number of benzene rings is 1. The number of nitrogens with zero attached hydrogens (tertiary/aromatic N) is 3. The monoisotopic (exact) mass is 402 g/mol. The van der Waals surface area contributed by atoms with Gasteiger partial charge < -0.3 is 14.6 Å². The molecule has 2 aliphatic rings.